The summed E-state index contributed by atoms with van der Waals surface area (Å²) < 4.78 is 0. The summed E-state index contributed by atoms with van der Waals surface area (Å²) in [6, 6.07) is 3.54. The number of hydrogen-bond donors (Lipinski definition) is 2. The molecule has 0 aromatic carbocycles. The zero-order chi connectivity index (χ0) is 11.8. The van der Waals surface area contributed by atoms with Crippen molar-refractivity contribution in [3.05, 3.63) is 23.5 Å². The Morgan fingerprint density at radius 3 is 2.75 bits per heavy atom. The molecule has 16 heavy (non-hydrogen) atoms. The highest BCUT2D eigenvalue weighted by Gasteiger charge is 2.37. The molecule has 0 bridgehead atoms. The normalized spacial score (nSPS) is 16.4. The molecule has 0 radical (unpaired) electrons. The number of aromatic nitrogens is 1. The van der Waals surface area contributed by atoms with E-state index in [-0.39, 0.29) is 11.3 Å². The van der Waals surface area contributed by atoms with Crippen LogP contribution in [-0.4, -0.2) is 15.6 Å². The van der Waals surface area contributed by atoms with Crippen LogP contribution in [0.2, 0.25) is 0 Å². The number of rotatable bonds is 4. The maximum absolute atomic E-state index is 9.68. The van der Waals surface area contributed by atoms with E-state index >= 15 is 0 Å². The third-order valence-corrected chi connectivity index (χ3v) is 3.40. The average molecular weight is 220 g/mol. The van der Waals surface area contributed by atoms with E-state index in [0.717, 1.165) is 17.3 Å². The van der Waals surface area contributed by atoms with Crippen molar-refractivity contribution in [3.63, 3.8) is 0 Å². The summed E-state index contributed by atoms with van der Waals surface area (Å²) in [5.74, 6) is 1.06. The number of hydrogen-bond acceptors (Lipinski definition) is 3. The van der Waals surface area contributed by atoms with Gasteiger partial charge in [-0.1, -0.05) is 0 Å². The Labute approximate surface area is 96.9 Å². The van der Waals surface area contributed by atoms with Gasteiger partial charge in [-0.2, -0.15) is 0 Å². The number of nitrogens with one attached hydrogen (secondary N) is 1. The van der Waals surface area contributed by atoms with E-state index in [0.29, 0.717) is 6.54 Å². The van der Waals surface area contributed by atoms with Crippen molar-refractivity contribution in [2.75, 3.05) is 0 Å². The van der Waals surface area contributed by atoms with Gasteiger partial charge in [-0.05, 0) is 51.7 Å². The molecule has 0 amide bonds. The number of nitrogens with zero attached hydrogens (tertiary/aromatic N) is 1. The second-order valence-corrected chi connectivity index (χ2v) is 5.27. The van der Waals surface area contributed by atoms with Crippen LogP contribution in [0.4, 0.5) is 0 Å². The fraction of sp³-hybridized carbons (Fsp3) is 0.615. The van der Waals surface area contributed by atoms with Gasteiger partial charge in [-0.25, -0.2) is 0 Å². The second-order valence-electron chi connectivity index (χ2n) is 5.27. The van der Waals surface area contributed by atoms with E-state index in [1.165, 1.54) is 12.8 Å². The monoisotopic (exact) mass is 220 g/mol. The quantitative estimate of drug-likeness (QED) is 0.819. The molecule has 0 saturated heterocycles. The minimum absolute atomic E-state index is 0.151. The topological polar surface area (TPSA) is 45.1 Å². The lowest BCUT2D eigenvalue weighted by molar-refractivity contribution is 0.333. The van der Waals surface area contributed by atoms with E-state index in [1.807, 2.05) is 13.0 Å². The lowest BCUT2D eigenvalue weighted by Crippen LogP contribution is -2.40. The highest BCUT2D eigenvalue weighted by Crippen LogP contribution is 2.39. The molecule has 3 nitrogen and oxygen atoms in total. The molecule has 88 valence electrons. The first-order chi connectivity index (χ1) is 7.49. The summed E-state index contributed by atoms with van der Waals surface area (Å²) in [4.78, 5) is 4.34. The maximum Gasteiger partial charge on any atom is 0.138 e. The predicted molar refractivity (Wildman–Crippen MR) is 64.3 cm³/mol. The van der Waals surface area contributed by atoms with Gasteiger partial charge in [-0.15, -0.1) is 0 Å². The Morgan fingerprint density at radius 2 is 2.12 bits per heavy atom. The maximum atomic E-state index is 9.68. The molecule has 0 atom stereocenters. The Balaban J connectivity index is 2.01. The van der Waals surface area contributed by atoms with Crippen LogP contribution in [0.3, 0.4) is 0 Å². The number of aryl methyl sites for hydroxylation is 1. The van der Waals surface area contributed by atoms with Crippen LogP contribution in [0, 0.1) is 12.8 Å². The molecule has 1 heterocycles. The zero-order valence-corrected chi connectivity index (χ0v) is 10.2. The molecule has 1 fully saturated rings. The summed E-state index contributed by atoms with van der Waals surface area (Å²) in [6.07, 6.45) is 2.63. The summed E-state index contributed by atoms with van der Waals surface area (Å²) in [5.41, 5.74) is 1.84. The predicted octanol–water partition coefficient (Wildman–Crippen LogP) is 2.37. The van der Waals surface area contributed by atoms with Crippen molar-refractivity contribution in [1.82, 2.24) is 10.3 Å². The second kappa shape index (κ2) is 4.06. The van der Waals surface area contributed by atoms with Crippen LogP contribution in [0.1, 0.15) is 38.1 Å². The van der Waals surface area contributed by atoms with Crippen molar-refractivity contribution >= 4 is 0 Å². The van der Waals surface area contributed by atoms with Gasteiger partial charge in [0.1, 0.15) is 5.75 Å². The molecule has 1 aliphatic rings. The van der Waals surface area contributed by atoms with E-state index < -0.39 is 0 Å². The molecular formula is C13H20N2O. The van der Waals surface area contributed by atoms with Gasteiger partial charge in [0, 0.05) is 17.8 Å². The standard InChI is InChI=1S/C13H20N2O/c1-9-4-7-12(16)11(15-9)8-14-13(2,3)10-5-6-10/h4,7,10,14,16H,5-6,8H2,1-3H3. The van der Waals surface area contributed by atoms with Crippen molar-refractivity contribution in [3.8, 4) is 5.75 Å². The van der Waals surface area contributed by atoms with Gasteiger partial charge < -0.3 is 10.4 Å². The molecular weight excluding hydrogens is 200 g/mol. The van der Waals surface area contributed by atoms with Gasteiger partial charge in [0.15, 0.2) is 0 Å². The fourth-order valence-corrected chi connectivity index (χ4v) is 1.99. The Bertz CT molecular complexity index is 384. The van der Waals surface area contributed by atoms with Crippen LogP contribution >= 0.6 is 0 Å². The minimum atomic E-state index is 0.151. The van der Waals surface area contributed by atoms with Gasteiger partial charge in [0.2, 0.25) is 0 Å². The van der Waals surface area contributed by atoms with E-state index in [2.05, 4.69) is 24.1 Å². The van der Waals surface area contributed by atoms with Crippen molar-refractivity contribution < 1.29 is 5.11 Å². The summed E-state index contributed by atoms with van der Waals surface area (Å²) in [6.45, 7) is 7.01. The zero-order valence-electron chi connectivity index (χ0n) is 10.2. The van der Waals surface area contributed by atoms with Gasteiger partial charge >= 0.3 is 0 Å². The first-order valence-electron chi connectivity index (χ1n) is 5.89. The smallest absolute Gasteiger partial charge is 0.138 e. The summed E-state index contributed by atoms with van der Waals surface area (Å²) in [7, 11) is 0. The van der Waals surface area contributed by atoms with Crippen LogP contribution < -0.4 is 5.32 Å². The molecule has 3 heteroatoms. The van der Waals surface area contributed by atoms with Gasteiger partial charge in [-0.3, -0.25) is 4.98 Å². The third kappa shape index (κ3) is 2.53. The lowest BCUT2D eigenvalue weighted by Gasteiger charge is -2.26. The van der Waals surface area contributed by atoms with Crippen molar-refractivity contribution in [2.45, 2.75) is 45.7 Å². The summed E-state index contributed by atoms with van der Waals surface area (Å²) in [5, 5.41) is 13.2. The first-order valence-corrected chi connectivity index (χ1v) is 5.89. The SMILES string of the molecule is Cc1ccc(O)c(CNC(C)(C)C2CC2)n1. The molecule has 0 unspecified atom stereocenters. The molecule has 2 rings (SSSR count). The lowest BCUT2D eigenvalue weighted by atomic mass is 9.99. The van der Waals surface area contributed by atoms with Crippen LogP contribution in [0.25, 0.3) is 0 Å². The number of pyridine rings is 1. The van der Waals surface area contributed by atoms with Crippen molar-refractivity contribution in [2.24, 2.45) is 5.92 Å². The molecule has 1 saturated carbocycles. The fourth-order valence-electron chi connectivity index (χ4n) is 1.99. The third-order valence-electron chi connectivity index (χ3n) is 3.40. The largest absolute Gasteiger partial charge is 0.506 e. The average Bonchev–Trinajstić information content (AvgIpc) is 3.03. The highest BCUT2D eigenvalue weighted by atomic mass is 16.3. The van der Waals surface area contributed by atoms with E-state index in [9.17, 15) is 5.11 Å². The molecule has 1 aromatic rings. The van der Waals surface area contributed by atoms with Crippen molar-refractivity contribution in [1.29, 1.82) is 0 Å². The van der Waals surface area contributed by atoms with Crippen LogP contribution in [-0.2, 0) is 6.54 Å². The van der Waals surface area contributed by atoms with Crippen LogP contribution in [0.15, 0.2) is 12.1 Å². The molecule has 1 aliphatic carbocycles. The Morgan fingerprint density at radius 1 is 1.44 bits per heavy atom. The number of aromatic hydroxyl groups is 1. The first kappa shape index (κ1) is 11.4. The highest BCUT2D eigenvalue weighted by molar-refractivity contribution is 5.27. The molecule has 0 spiro atoms. The Hall–Kier alpha value is -1.09. The van der Waals surface area contributed by atoms with Gasteiger partial charge in [0.05, 0.1) is 5.69 Å². The molecule has 1 aromatic heterocycles. The molecule has 0 aliphatic heterocycles. The van der Waals surface area contributed by atoms with E-state index in [4.69, 9.17) is 0 Å². The summed E-state index contributed by atoms with van der Waals surface area (Å²) >= 11 is 0. The Kier molecular flexibility index (Phi) is 2.89. The van der Waals surface area contributed by atoms with Gasteiger partial charge in [0.25, 0.3) is 0 Å². The molecule has 2 N–H and O–H groups in total. The van der Waals surface area contributed by atoms with Crippen LogP contribution in [0.5, 0.6) is 5.75 Å². The van der Waals surface area contributed by atoms with E-state index in [1.54, 1.807) is 6.07 Å². The minimum Gasteiger partial charge on any atom is -0.506 e.